The Morgan fingerprint density at radius 2 is 1.45 bits per heavy atom. The molecule has 0 amide bonds. The Balaban J connectivity index is 1.45. The fourth-order valence-corrected chi connectivity index (χ4v) is 3.48. The predicted molar refractivity (Wildman–Crippen MR) is 130 cm³/mol. The minimum Gasteiger partial charge on any atom is -0.493 e. The summed E-state index contributed by atoms with van der Waals surface area (Å²) in [6, 6.07) is 27.0. The maximum atomic E-state index is 12.3. The van der Waals surface area contributed by atoms with Crippen molar-refractivity contribution in [3.8, 4) is 23.0 Å². The molecule has 0 bridgehead atoms. The van der Waals surface area contributed by atoms with E-state index < -0.39 is 5.97 Å². The lowest BCUT2D eigenvalue weighted by Crippen LogP contribution is -2.18. The van der Waals surface area contributed by atoms with Crippen molar-refractivity contribution in [3.05, 3.63) is 96.1 Å². The first-order chi connectivity index (χ1) is 16.2. The SMILES string of the molecule is COc1ccccc1OCC(=O)Oc1ccc(/C=C/c2cccc3ccccc23)cc1OC. The normalized spacial score (nSPS) is 10.8. The summed E-state index contributed by atoms with van der Waals surface area (Å²) in [6.45, 7) is -0.258. The van der Waals surface area contributed by atoms with Gasteiger partial charge in [0, 0.05) is 0 Å². The molecule has 0 atom stereocenters. The molecule has 0 aromatic heterocycles. The summed E-state index contributed by atoms with van der Waals surface area (Å²) in [6.07, 6.45) is 4.06. The van der Waals surface area contributed by atoms with Crippen molar-refractivity contribution < 1.29 is 23.7 Å². The molecule has 0 aliphatic rings. The second-order valence-corrected chi connectivity index (χ2v) is 7.23. The van der Waals surface area contributed by atoms with Crippen molar-refractivity contribution in [1.82, 2.24) is 0 Å². The standard InChI is InChI=1S/C28H24O5/c1-30-24-12-5-6-13-25(24)32-19-28(29)33-26-17-15-20(18-27(26)31-2)14-16-22-10-7-9-21-8-3-4-11-23(21)22/h3-18H,19H2,1-2H3/b16-14+. The van der Waals surface area contributed by atoms with E-state index in [0.29, 0.717) is 23.0 Å². The molecule has 0 aliphatic heterocycles. The third-order valence-electron chi connectivity index (χ3n) is 5.10. The highest BCUT2D eigenvalue weighted by atomic mass is 16.6. The van der Waals surface area contributed by atoms with Gasteiger partial charge in [0.15, 0.2) is 29.6 Å². The molecule has 4 aromatic rings. The van der Waals surface area contributed by atoms with Crippen LogP contribution in [-0.2, 0) is 4.79 Å². The minimum atomic E-state index is -0.543. The Morgan fingerprint density at radius 3 is 2.27 bits per heavy atom. The first-order valence-corrected chi connectivity index (χ1v) is 10.5. The molecule has 0 fully saturated rings. The van der Waals surface area contributed by atoms with E-state index in [9.17, 15) is 4.79 Å². The van der Waals surface area contributed by atoms with Crippen molar-refractivity contribution in [2.24, 2.45) is 0 Å². The van der Waals surface area contributed by atoms with Gasteiger partial charge >= 0.3 is 5.97 Å². The zero-order valence-electron chi connectivity index (χ0n) is 18.5. The molecule has 0 unspecified atom stereocenters. The van der Waals surface area contributed by atoms with Crippen molar-refractivity contribution in [3.63, 3.8) is 0 Å². The minimum absolute atomic E-state index is 0.258. The Bertz CT molecular complexity index is 1290. The van der Waals surface area contributed by atoms with Gasteiger partial charge in [-0.25, -0.2) is 4.79 Å². The summed E-state index contributed by atoms with van der Waals surface area (Å²) in [4.78, 5) is 12.3. The quantitative estimate of drug-likeness (QED) is 0.191. The molecule has 0 spiro atoms. The average Bonchev–Trinajstić information content (AvgIpc) is 2.87. The van der Waals surface area contributed by atoms with Crippen LogP contribution in [0.25, 0.3) is 22.9 Å². The smallest absolute Gasteiger partial charge is 0.349 e. The largest absolute Gasteiger partial charge is 0.493 e. The number of benzene rings is 4. The Labute approximate surface area is 192 Å². The number of methoxy groups -OCH3 is 2. The zero-order valence-corrected chi connectivity index (χ0v) is 18.5. The van der Waals surface area contributed by atoms with Crippen LogP contribution in [0.2, 0.25) is 0 Å². The number of esters is 1. The van der Waals surface area contributed by atoms with E-state index in [4.69, 9.17) is 18.9 Å². The van der Waals surface area contributed by atoms with Crippen molar-refractivity contribution in [1.29, 1.82) is 0 Å². The number of carbonyl (C=O) groups excluding carboxylic acids is 1. The molecular weight excluding hydrogens is 416 g/mol. The van der Waals surface area contributed by atoms with Crippen LogP contribution < -0.4 is 18.9 Å². The molecule has 0 heterocycles. The third kappa shape index (κ3) is 5.33. The van der Waals surface area contributed by atoms with Crippen LogP contribution in [-0.4, -0.2) is 26.8 Å². The molecule has 166 valence electrons. The summed E-state index contributed by atoms with van der Waals surface area (Å²) < 4.78 is 21.6. The lowest BCUT2D eigenvalue weighted by Gasteiger charge is -2.12. The Morgan fingerprint density at radius 1 is 0.727 bits per heavy atom. The molecular formula is C28H24O5. The Hall–Kier alpha value is -4.25. The fraction of sp³-hybridized carbons (Fsp3) is 0.107. The predicted octanol–water partition coefficient (Wildman–Crippen LogP) is 6.01. The van der Waals surface area contributed by atoms with Gasteiger partial charge in [-0.15, -0.1) is 0 Å². The van der Waals surface area contributed by atoms with Gasteiger partial charge in [-0.1, -0.05) is 72.8 Å². The second-order valence-electron chi connectivity index (χ2n) is 7.23. The van der Waals surface area contributed by atoms with Crippen LogP contribution in [0.15, 0.2) is 84.9 Å². The van der Waals surface area contributed by atoms with Crippen LogP contribution in [0.4, 0.5) is 0 Å². The number of hydrogen-bond acceptors (Lipinski definition) is 5. The van der Waals surface area contributed by atoms with E-state index in [1.54, 1.807) is 31.4 Å². The van der Waals surface area contributed by atoms with Crippen LogP contribution in [0.1, 0.15) is 11.1 Å². The summed E-state index contributed by atoms with van der Waals surface area (Å²) in [5.41, 5.74) is 2.04. The first kappa shape index (κ1) is 22.0. The van der Waals surface area contributed by atoms with Gasteiger partial charge in [0.1, 0.15) is 0 Å². The van der Waals surface area contributed by atoms with Crippen LogP contribution in [0, 0.1) is 0 Å². The molecule has 4 aromatic carbocycles. The maximum absolute atomic E-state index is 12.3. The molecule has 0 saturated carbocycles. The molecule has 0 N–H and O–H groups in total. The van der Waals surface area contributed by atoms with Crippen molar-refractivity contribution in [2.75, 3.05) is 20.8 Å². The number of hydrogen-bond donors (Lipinski definition) is 0. The summed E-state index contributed by atoms with van der Waals surface area (Å²) in [5, 5.41) is 2.37. The topological polar surface area (TPSA) is 54.0 Å². The molecule has 0 saturated heterocycles. The van der Waals surface area contributed by atoms with Crippen LogP contribution >= 0.6 is 0 Å². The van der Waals surface area contributed by atoms with E-state index in [1.165, 1.54) is 17.9 Å². The molecule has 33 heavy (non-hydrogen) atoms. The van der Waals surface area contributed by atoms with E-state index in [-0.39, 0.29) is 6.61 Å². The van der Waals surface area contributed by atoms with Gasteiger partial charge in [0.05, 0.1) is 14.2 Å². The molecule has 0 radical (unpaired) electrons. The highest BCUT2D eigenvalue weighted by Gasteiger charge is 2.13. The highest BCUT2D eigenvalue weighted by Crippen LogP contribution is 2.30. The lowest BCUT2D eigenvalue weighted by molar-refractivity contribution is -0.136. The van der Waals surface area contributed by atoms with Gasteiger partial charge in [-0.05, 0) is 46.2 Å². The number of ether oxygens (including phenoxy) is 4. The molecule has 4 rings (SSSR count). The second kappa shape index (κ2) is 10.4. The van der Waals surface area contributed by atoms with Crippen LogP contribution in [0.3, 0.4) is 0 Å². The van der Waals surface area contributed by atoms with E-state index in [0.717, 1.165) is 11.1 Å². The van der Waals surface area contributed by atoms with Crippen molar-refractivity contribution >= 4 is 28.9 Å². The first-order valence-electron chi connectivity index (χ1n) is 10.5. The molecule has 0 aliphatic carbocycles. The fourth-order valence-electron chi connectivity index (χ4n) is 3.48. The van der Waals surface area contributed by atoms with Gasteiger partial charge in [-0.2, -0.15) is 0 Å². The highest BCUT2D eigenvalue weighted by molar-refractivity contribution is 5.92. The average molecular weight is 440 g/mol. The zero-order chi connectivity index (χ0) is 23.0. The summed E-state index contributed by atoms with van der Waals surface area (Å²) in [5.74, 6) is 1.26. The van der Waals surface area contributed by atoms with E-state index >= 15 is 0 Å². The van der Waals surface area contributed by atoms with Gasteiger partial charge in [0.25, 0.3) is 0 Å². The lowest BCUT2D eigenvalue weighted by atomic mass is 10.0. The van der Waals surface area contributed by atoms with Crippen LogP contribution in [0.5, 0.6) is 23.0 Å². The number of carbonyl (C=O) groups is 1. The number of para-hydroxylation sites is 2. The van der Waals surface area contributed by atoms with E-state index in [1.807, 2.05) is 42.5 Å². The van der Waals surface area contributed by atoms with Crippen molar-refractivity contribution in [2.45, 2.75) is 0 Å². The van der Waals surface area contributed by atoms with Gasteiger partial charge < -0.3 is 18.9 Å². The Kier molecular flexibility index (Phi) is 6.90. The third-order valence-corrected chi connectivity index (χ3v) is 5.10. The number of fused-ring (bicyclic) bond motifs is 1. The molecule has 5 heteroatoms. The maximum Gasteiger partial charge on any atom is 0.349 e. The summed E-state index contributed by atoms with van der Waals surface area (Å²) >= 11 is 0. The monoisotopic (exact) mass is 440 g/mol. The number of rotatable bonds is 8. The molecule has 5 nitrogen and oxygen atoms in total. The van der Waals surface area contributed by atoms with Gasteiger partial charge in [0.2, 0.25) is 0 Å². The summed E-state index contributed by atoms with van der Waals surface area (Å²) in [7, 11) is 3.08. The van der Waals surface area contributed by atoms with Gasteiger partial charge in [-0.3, -0.25) is 0 Å². The van der Waals surface area contributed by atoms with E-state index in [2.05, 4.69) is 30.3 Å².